The second-order valence-electron chi connectivity index (χ2n) is 6.15. The third-order valence-corrected chi connectivity index (χ3v) is 4.26. The van der Waals surface area contributed by atoms with Crippen molar-refractivity contribution in [3.05, 3.63) is 29.8 Å². The van der Waals surface area contributed by atoms with E-state index in [2.05, 4.69) is 12.2 Å². The van der Waals surface area contributed by atoms with Gasteiger partial charge in [0, 0.05) is 6.04 Å². The highest BCUT2D eigenvalue weighted by atomic mass is 16.6. The third kappa shape index (κ3) is 5.58. The number of hydrogen-bond acceptors (Lipinski definition) is 4. The summed E-state index contributed by atoms with van der Waals surface area (Å²) in [6.07, 6.45) is 4.49. The lowest BCUT2D eigenvalue weighted by Crippen LogP contribution is -2.43. The van der Waals surface area contributed by atoms with Crippen LogP contribution in [-0.2, 0) is 14.3 Å². The van der Waals surface area contributed by atoms with E-state index >= 15 is 0 Å². The molecule has 0 bridgehead atoms. The molecular formula is C18H25NO4. The number of carbonyl (C=O) groups is 2. The Hall–Kier alpha value is -2.04. The average Bonchev–Trinajstić information content (AvgIpc) is 2.54. The highest BCUT2D eigenvalue weighted by Crippen LogP contribution is 2.23. The summed E-state index contributed by atoms with van der Waals surface area (Å²) in [5, 5.41) is 2.95. The summed E-state index contributed by atoms with van der Waals surface area (Å²) in [4.78, 5) is 23.5. The van der Waals surface area contributed by atoms with Crippen molar-refractivity contribution in [3.8, 4) is 5.75 Å². The molecule has 0 aliphatic heterocycles. The Bertz CT molecular complexity index is 544. The first kappa shape index (κ1) is 17.3. The van der Waals surface area contributed by atoms with Crippen molar-refractivity contribution in [2.45, 2.75) is 45.6 Å². The molecular weight excluding hydrogens is 294 g/mol. The van der Waals surface area contributed by atoms with E-state index in [4.69, 9.17) is 9.47 Å². The fourth-order valence-corrected chi connectivity index (χ4v) is 2.82. The molecule has 1 fully saturated rings. The van der Waals surface area contributed by atoms with E-state index in [0.29, 0.717) is 11.7 Å². The molecule has 0 heterocycles. The molecule has 5 nitrogen and oxygen atoms in total. The number of carbonyl (C=O) groups excluding carboxylic acids is 2. The van der Waals surface area contributed by atoms with Gasteiger partial charge in [0.1, 0.15) is 5.75 Å². The zero-order valence-corrected chi connectivity index (χ0v) is 13.8. The number of para-hydroxylation sites is 1. The monoisotopic (exact) mass is 319 g/mol. The minimum Gasteiger partial charge on any atom is -0.482 e. The molecule has 0 unspecified atom stereocenters. The maximum atomic E-state index is 11.9. The zero-order valence-electron chi connectivity index (χ0n) is 13.8. The van der Waals surface area contributed by atoms with Gasteiger partial charge in [0.15, 0.2) is 13.2 Å². The van der Waals surface area contributed by atoms with E-state index in [1.165, 1.54) is 6.42 Å². The van der Waals surface area contributed by atoms with Gasteiger partial charge in [0.25, 0.3) is 5.91 Å². The topological polar surface area (TPSA) is 64.6 Å². The Kier molecular flexibility index (Phi) is 6.44. The van der Waals surface area contributed by atoms with Crippen LogP contribution >= 0.6 is 0 Å². The lowest BCUT2D eigenvalue weighted by atomic mass is 9.86. The standard InChI is InChI=1S/C18H25NO4/c1-13-7-3-5-9-15(13)19-17(20)11-23-18(21)12-22-16-10-6-4-8-14(16)2/h4,6,8,10,13,15H,3,5,7,9,11-12H2,1-2H3,(H,19,20)/t13-,15+/m0/s1. The summed E-state index contributed by atoms with van der Waals surface area (Å²) in [6.45, 7) is 3.60. The summed E-state index contributed by atoms with van der Waals surface area (Å²) < 4.78 is 10.4. The van der Waals surface area contributed by atoms with Crippen molar-refractivity contribution < 1.29 is 19.1 Å². The second kappa shape index (κ2) is 8.56. The fraction of sp³-hybridized carbons (Fsp3) is 0.556. The number of benzene rings is 1. The van der Waals surface area contributed by atoms with Crippen molar-refractivity contribution in [1.82, 2.24) is 5.32 Å². The molecule has 5 heteroatoms. The van der Waals surface area contributed by atoms with Crippen LogP contribution in [0.3, 0.4) is 0 Å². The Morgan fingerprint density at radius 2 is 1.91 bits per heavy atom. The quantitative estimate of drug-likeness (QED) is 0.819. The van der Waals surface area contributed by atoms with Crippen LogP contribution in [0.1, 0.15) is 38.2 Å². The van der Waals surface area contributed by atoms with Gasteiger partial charge in [-0.05, 0) is 37.3 Å². The van der Waals surface area contributed by atoms with Gasteiger partial charge in [-0.3, -0.25) is 4.79 Å². The maximum Gasteiger partial charge on any atom is 0.344 e. The molecule has 1 aliphatic carbocycles. The first-order valence-electron chi connectivity index (χ1n) is 8.19. The van der Waals surface area contributed by atoms with Crippen LogP contribution < -0.4 is 10.1 Å². The predicted octanol–water partition coefficient (Wildman–Crippen LogP) is 2.61. The van der Waals surface area contributed by atoms with Gasteiger partial charge in [-0.15, -0.1) is 0 Å². The predicted molar refractivity (Wildman–Crippen MR) is 87.2 cm³/mol. The van der Waals surface area contributed by atoms with Crippen LogP contribution in [0.25, 0.3) is 0 Å². The number of amides is 1. The molecule has 1 N–H and O–H groups in total. The Labute approximate surface area is 137 Å². The van der Waals surface area contributed by atoms with Crippen molar-refractivity contribution in [2.24, 2.45) is 5.92 Å². The minimum atomic E-state index is -0.542. The molecule has 1 aromatic carbocycles. The summed E-state index contributed by atoms with van der Waals surface area (Å²) in [5.74, 6) is 0.339. The lowest BCUT2D eigenvalue weighted by molar-refractivity contribution is -0.150. The van der Waals surface area contributed by atoms with Gasteiger partial charge in [-0.25, -0.2) is 4.79 Å². The molecule has 2 rings (SSSR count). The van der Waals surface area contributed by atoms with Crippen molar-refractivity contribution in [1.29, 1.82) is 0 Å². The van der Waals surface area contributed by atoms with Crippen LogP contribution in [0, 0.1) is 12.8 Å². The Morgan fingerprint density at radius 3 is 2.65 bits per heavy atom. The number of aryl methyl sites for hydroxylation is 1. The molecule has 1 saturated carbocycles. The minimum absolute atomic E-state index is 0.193. The summed E-state index contributed by atoms with van der Waals surface area (Å²) in [7, 11) is 0. The Balaban J connectivity index is 1.67. The third-order valence-electron chi connectivity index (χ3n) is 4.26. The molecule has 1 amide bonds. The van der Waals surface area contributed by atoms with Gasteiger partial charge < -0.3 is 14.8 Å². The van der Waals surface area contributed by atoms with Crippen molar-refractivity contribution in [3.63, 3.8) is 0 Å². The molecule has 126 valence electrons. The van der Waals surface area contributed by atoms with Crippen molar-refractivity contribution >= 4 is 11.9 Å². The molecule has 1 aromatic rings. The number of nitrogens with one attached hydrogen (secondary N) is 1. The summed E-state index contributed by atoms with van der Waals surface area (Å²) in [5.41, 5.74) is 0.948. The van der Waals surface area contributed by atoms with E-state index in [0.717, 1.165) is 24.8 Å². The van der Waals surface area contributed by atoms with Crippen LogP contribution in [0.4, 0.5) is 0 Å². The van der Waals surface area contributed by atoms with Crippen LogP contribution in [0.15, 0.2) is 24.3 Å². The zero-order chi connectivity index (χ0) is 16.7. The summed E-state index contributed by atoms with van der Waals surface area (Å²) >= 11 is 0. The Morgan fingerprint density at radius 1 is 1.17 bits per heavy atom. The molecule has 23 heavy (non-hydrogen) atoms. The second-order valence-corrected chi connectivity index (χ2v) is 6.15. The fourth-order valence-electron chi connectivity index (χ4n) is 2.82. The van der Waals surface area contributed by atoms with E-state index in [-0.39, 0.29) is 25.2 Å². The van der Waals surface area contributed by atoms with Crippen molar-refractivity contribution in [2.75, 3.05) is 13.2 Å². The van der Waals surface area contributed by atoms with Gasteiger partial charge in [0.05, 0.1) is 0 Å². The highest BCUT2D eigenvalue weighted by molar-refractivity contribution is 5.81. The van der Waals surface area contributed by atoms with Crippen LogP contribution in [-0.4, -0.2) is 31.1 Å². The lowest BCUT2D eigenvalue weighted by Gasteiger charge is -2.29. The molecule has 0 saturated heterocycles. The van der Waals surface area contributed by atoms with E-state index in [1.54, 1.807) is 6.07 Å². The van der Waals surface area contributed by atoms with E-state index in [1.807, 2.05) is 25.1 Å². The normalized spacial score (nSPS) is 20.6. The molecule has 2 atom stereocenters. The molecule has 0 radical (unpaired) electrons. The van der Waals surface area contributed by atoms with Gasteiger partial charge in [-0.2, -0.15) is 0 Å². The first-order valence-corrected chi connectivity index (χ1v) is 8.19. The van der Waals surface area contributed by atoms with Gasteiger partial charge in [-0.1, -0.05) is 38.0 Å². The van der Waals surface area contributed by atoms with Crippen LogP contribution in [0.2, 0.25) is 0 Å². The number of hydrogen-bond donors (Lipinski definition) is 1. The number of ether oxygens (including phenoxy) is 2. The van der Waals surface area contributed by atoms with E-state index in [9.17, 15) is 9.59 Å². The molecule has 1 aliphatic rings. The first-order chi connectivity index (χ1) is 11.1. The number of rotatable bonds is 6. The number of esters is 1. The van der Waals surface area contributed by atoms with Gasteiger partial charge >= 0.3 is 5.97 Å². The van der Waals surface area contributed by atoms with E-state index < -0.39 is 5.97 Å². The molecule has 0 aromatic heterocycles. The average molecular weight is 319 g/mol. The highest BCUT2D eigenvalue weighted by Gasteiger charge is 2.23. The van der Waals surface area contributed by atoms with Gasteiger partial charge in [0.2, 0.25) is 0 Å². The smallest absolute Gasteiger partial charge is 0.344 e. The van der Waals surface area contributed by atoms with Crippen LogP contribution in [0.5, 0.6) is 5.75 Å². The maximum absolute atomic E-state index is 11.9. The largest absolute Gasteiger partial charge is 0.482 e. The molecule has 0 spiro atoms. The SMILES string of the molecule is Cc1ccccc1OCC(=O)OCC(=O)N[C@@H]1CCCC[C@@H]1C. The summed E-state index contributed by atoms with van der Waals surface area (Å²) in [6, 6.07) is 7.63.